The fraction of sp³-hybridized carbons (Fsp3) is 0.375. The number of methoxy groups -OCH3 is 1. The van der Waals surface area contributed by atoms with Crippen molar-refractivity contribution < 1.29 is 9.47 Å². The van der Waals surface area contributed by atoms with E-state index in [4.69, 9.17) is 9.47 Å². The van der Waals surface area contributed by atoms with Gasteiger partial charge in [0, 0.05) is 35.8 Å². The van der Waals surface area contributed by atoms with Crippen LogP contribution < -0.4 is 5.32 Å². The zero-order chi connectivity index (χ0) is 14.2. The third-order valence-electron chi connectivity index (χ3n) is 3.08. The minimum absolute atomic E-state index is 0.658. The predicted molar refractivity (Wildman–Crippen MR) is 87.4 cm³/mol. The van der Waals surface area contributed by atoms with Gasteiger partial charge in [0.1, 0.15) is 0 Å². The van der Waals surface area contributed by atoms with Crippen molar-refractivity contribution >= 4 is 32.4 Å². The van der Waals surface area contributed by atoms with Crippen molar-refractivity contribution in [1.29, 1.82) is 0 Å². The molecule has 0 aliphatic heterocycles. The molecule has 2 rings (SSSR count). The van der Waals surface area contributed by atoms with Gasteiger partial charge in [-0.05, 0) is 23.9 Å². The molecule has 3 nitrogen and oxygen atoms in total. The molecule has 0 bridgehead atoms. The fourth-order valence-corrected chi connectivity index (χ4v) is 2.54. The van der Waals surface area contributed by atoms with E-state index in [1.54, 1.807) is 7.11 Å². The Morgan fingerprint density at radius 2 is 1.80 bits per heavy atom. The summed E-state index contributed by atoms with van der Waals surface area (Å²) in [5.74, 6) is 0. The first kappa shape index (κ1) is 15.3. The molecule has 0 fully saturated rings. The minimum atomic E-state index is 0.658. The van der Waals surface area contributed by atoms with E-state index in [0.29, 0.717) is 13.2 Å². The molecule has 0 aliphatic carbocycles. The highest BCUT2D eigenvalue weighted by molar-refractivity contribution is 9.10. The van der Waals surface area contributed by atoms with Gasteiger partial charge in [-0.25, -0.2) is 0 Å². The summed E-state index contributed by atoms with van der Waals surface area (Å²) in [6.07, 6.45) is 0.980. The average molecular weight is 338 g/mol. The first-order valence-electron chi connectivity index (χ1n) is 6.80. The highest BCUT2D eigenvalue weighted by Crippen LogP contribution is 2.29. The summed E-state index contributed by atoms with van der Waals surface area (Å²) >= 11 is 3.59. The van der Waals surface area contributed by atoms with Crippen LogP contribution in [0.1, 0.15) is 6.42 Å². The van der Waals surface area contributed by atoms with Crippen LogP contribution in [0.2, 0.25) is 0 Å². The maximum atomic E-state index is 5.45. The fourth-order valence-electron chi connectivity index (χ4n) is 2.06. The van der Waals surface area contributed by atoms with Gasteiger partial charge >= 0.3 is 0 Å². The highest BCUT2D eigenvalue weighted by atomic mass is 79.9. The second kappa shape index (κ2) is 8.25. The van der Waals surface area contributed by atoms with E-state index in [1.165, 1.54) is 16.5 Å². The first-order chi connectivity index (χ1) is 9.83. The summed E-state index contributed by atoms with van der Waals surface area (Å²) < 4.78 is 11.5. The molecule has 2 aromatic rings. The maximum Gasteiger partial charge on any atom is 0.0700 e. The summed E-state index contributed by atoms with van der Waals surface area (Å²) in [4.78, 5) is 0. The van der Waals surface area contributed by atoms with Crippen molar-refractivity contribution in [3.63, 3.8) is 0 Å². The second-order valence-electron chi connectivity index (χ2n) is 4.53. The number of nitrogens with one attached hydrogen (secondary N) is 1. The van der Waals surface area contributed by atoms with Crippen LogP contribution in [0, 0.1) is 0 Å². The largest absolute Gasteiger partial charge is 0.384 e. The molecular formula is C16H20BrNO2. The van der Waals surface area contributed by atoms with Crippen molar-refractivity contribution in [1.82, 2.24) is 0 Å². The molecule has 108 valence electrons. The Labute approximate surface area is 128 Å². The van der Waals surface area contributed by atoms with Crippen molar-refractivity contribution in [2.75, 3.05) is 38.8 Å². The average Bonchev–Trinajstić information content (AvgIpc) is 2.49. The predicted octanol–water partition coefficient (Wildman–Crippen LogP) is 4.07. The lowest BCUT2D eigenvalue weighted by molar-refractivity contribution is 0.0705. The Kier molecular flexibility index (Phi) is 6.30. The highest BCUT2D eigenvalue weighted by Gasteiger charge is 2.03. The van der Waals surface area contributed by atoms with Crippen LogP contribution >= 0.6 is 15.9 Å². The Morgan fingerprint density at radius 3 is 2.60 bits per heavy atom. The van der Waals surface area contributed by atoms with Crippen LogP contribution in [0.3, 0.4) is 0 Å². The van der Waals surface area contributed by atoms with Crippen molar-refractivity contribution in [3.05, 3.63) is 40.9 Å². The molecule has 0 saturated heterocycles. The number of hydrogen-bond donors (Lipinski definition) is 1. The second-order valence-corrected chi connectivity index (χ2v) is 5.38. The molecule has 0 saturated carbocycles. The van der Waals surface area contributed by atoms with Gasteiger partial charge in [-0.2, -0.15) is 0 Å². The van der Waals surface area contributed by atoms with Gasteiger partial charge in [0.15, 0.2) is 0 Å². The molecule has 0 amide bonds. The molecule has 20 heavy (non-hydrogen) atoms. The molecular weight excluding hydrogens is 318 g/mol. The zero-order valence-corrected chi connectivity index (χ0v) is 13.3. The summed E-state index contributed by atoms with van der Waals surface area (Å²) in [6, 6.07) is 12.6. The van der Waals surface area contributed by atoms with Crippen molar-refractivity contribution in [2.24, 2.45) is 0 Å². The van der Waals surface area contributed by atoms with Gasteiger partial charge in [0.05, 0.1) is 13.2 Å². The van der Waals surface area contributed by atoms with Gasteiger partial charge in [-0.3, -0.25) is 0 Å². The first-order valence-corrected chi connectivity index (χ1v) is 7.60. The van der Waals surface area contributed by atoms with Crippen LogP contribution in [-0.2, 0) is 9.47 Å². The molecule has 2 aromatic carbocycles. The quantitative estimate of drug-likeness (QED) is 0.736. The topological polar surface area (TPSA) is 30.5 Å². The number of hydrogen-bond acceptors (Lipinski definition) is 3. The lowest BCUT2D eigenvalue weighted by Crippen LogP contribution is -2.08. The SMILES string of the molecule is COCCOCCCNc1ccc(Br)c2ccccc12. The van der Waals surface area contributed by atoms with E-state index in [1.807, 2.05) is 0 Å². The summed E-state index contributed by atoms with van der Waals surface area (Å²) in [7, 11) is 1.68. The van der Waals surface area contributed by atoms with Crippen LogP contribution in [-0.4, -0.2) is 33.5 Å². The van der Waals surface area contributed by atoms with E-state index >= 15 is 0 Å². The molecule has 0 spiro atoms. The Hall–Kier alpha value is -1.10. The van der Waals surface area contributed by atoms with E-state index in [9.17, 15) is 0 Å². The van der Waals surface area contributed by atoms with Gasteiger partial charge in [0.25, 0.3) is 0 Å². The Bertz CT molecular complexity index is 545. The number of ether oxygens (including phenoxy) is 2. The summed E-state index contributed by atoms with van der Waals surface area (Å²) in [6.45, 7) is 2.98. The van der Waals surface area contributed by atoms with Gasteiger partial charge in [0.2, 0.25) is 0 Å². The summed E-state index contributed by atoms with van der Waals surface area (Å²) in [5, 5.41) is 5.94. The zero-order valence-electron chi connectivity index (χ0n) is 11.7. The van der Waals surface area contributed by atoms with Crippen LogP contribution in [0.15, 0.2) is 40.9 Å². The lowest BCUT2D eigenvalue weighted by atomic mass is 10.1. The van der Waals surface area contributed by atoms with Gasteiger partial charge in [-0.1, -0.05) is 40.2 Å². The number of fused-ring (bicyclic) bond motifs is 1. The van der Waals surface area contributed by atoms with Crippen molar-refractivity contribution in [2.45, 2.75) is 6.42 Å². The molecule has 0 aromatic heterocycles. The van der Waals surface area contributed by atoms with Gasteiger partial charge in [-0.15, -0.1) is 0 Å². The van der Waals surface area contributed by atoms with E-state index in [-0.39, 0.29) is 0 Å². The molecule has 4 heteroatoms. The molecule has 0 atom stereocenters. The lowest BCUT2D eigenvalue weighted by Gasteiger charge is -2.11. The number of rotatable bonds is 8. The third-order valence-corrected chi connectivity index (χ3v) is 3.78. The molecule has 1 N–H and O–H groups in total. The Morgan fingerprint density at radius 1 is 1.00 bits per heavy atom. The van der Waals surface area contributed by atoms with Gasteiger partial charge < -0.3 is 14.8 Å². The van der Waals surface area contributed by atoms with E-state index in [0.717, 1.165) is 24.0 Å². The molecule has 0 radical (unpaired) electrons. The van der Waals surface area contributed by atoms with Crippen molar-refractivity contribution in [3.8, 4) is 0 Å². The number of benzene rings is 2. The monoisotopic (exact) mass is 337 g/mol. The Balaban J connectivity index is 1.86. The standard InChI is InChI=1S/C16H20BrNO2/c1-19-11-12-20-10-4-9-18-16-8-7-15(17)13-5-2-3-6-14(13)16/h2-3,5-8,18H,4,9-12H2,1H3. The van der Waals surface area contributed by atoms with Crippen LogP contribution in [0.5, 0.6) is 0 Å². The molecule has 0 aliphatic rings. The van der Waals surface area contributed by atoms with E-state index < -0.39 is 0 Å². The maximum absolute atomic E-state index is 5.45. The smallest absolute Gasteiger partial charge is 0.0700 e. The van der Waals surface area contributed by atoms with Crippen LogP contribution in [0.25, 0.3) is 10.8 Å². The molecule has 0 unspecified atom stereocenters. The third kappa shape index (κ3) is 4.20. The summed E-state index contributed by atoms with van der Waals surface area (Å²) in [5.41, 5.74) is 1.17. The normalized spacial score (nSPS) is 10.9. The van der Waals surface area contributed by atoms with E-state index in [2.05, 4.69) is 57.6 Å². The number of anilines is 1. The van der Waals surface area contributed by atoms with Crippen LogP contribution in [0.4, 0.5) is 5.69 Å². The molecule has 0 heterocycles. The minimum Gasteiger partial charge on any atom is -0.384 e. The number of halogens is 1.